The van der Waals surface area contributed by atoms with Crippen LogP contribution in [0.5, 0.6) is 0 Å². The van der Waals surface area contributed by atoms with Gasteiger partial charge < -0.3 is 11.1 Å². The summed E-state index contributed by atoms with van der Waals surface area (Å²) in [7, 11) is 0. The summed E-state index contributed by atoms with van der Waals surface area (Å²) in [5.74, 6) is 0.503. The SMILES string of the molecule is NC(=NCCCN(Cc1ccccc1)Cc1ccccc1)NCCc1ccccn1. The highest BCUT2D eigenvalue weighted by atomic mass is 15.1. The van der Waals surface area contributed by atoms with Crippen molar-refractivity contribution in [2.75, 3.05) is 19.6 Å². The Labute approximate surface area is 179 Å². The van der Waals surface area contributed by atoms with Crippen LogP contribution in [0, 0.1) is 0 Å². The van der Waals surface area contributed by atoms with Gasteiger partial charge in [-0.2, -0.15) is 0 Å². The molecule has 1 heterocycles. The van der Waals surface area contributed by atoms with Crippen LogP contribution in [0.25, 0.3) is 0 Å². The number of hydrogen-bond acceptors (Lipinski definition) is 3. The summed E-state index contributed by atoms with van der Waals surface area (Å²) in [6, 6.07) is 27.2. The maximum atomic E-state index is 6.01. The molecule has 0 saturated heterocycles. The number of guanidine groups is 1. The van der Waals surface area contributed by atoms with E-state index in [4.69, 9.17) is 5.73 Å². The van der Waals surface area contributed by atoms with Gasteiger partial charge in [0.25, 0.3) is 0 Å². The van der Waals surface area contributed by atoms with Crippen LogP contribution in [-0.2, 0) is 19.5 Å². The molecular formula is C25H31N5. The van der Waals surface area contributed by atoms with E-state index in [1.54, 1.807) is 0 Å². The normalized spacial score (nSPS) is 11.6. The van der Waals surface area contributed by atoms with Gasteiger partial charge in [-0.15, -0.1) is 0 Å². The van der Waals surface area contributed by atoms with E-state index >= 15 is 0 Å². The zero-order valence-electron chi connectivity index (χ0n) is 17.5. The number of nitrogens with two attached hydrogens (primary N) is 1. The van der Waals surface area contributed by atoms with Gasteiger partial charge in [0.2, 0.25) is 0 Å². The Kier molecular flexibility index (Phi) is 8.90. The van der Waals surface area contributed by atoms with Gasteiger partial charge in [0, 0.05) is 51.0 Å². The highest BCUT2D eigenvalue weighted by molar-refractivity contribution is 5.77. The lowest BCUT2D eigenvalue weighted by Gasteiger charge is -2.22. The van der Waals surface area contributed by atoms with E-state index < -0.39 is 0 Å². The molecule has 0 atom stereocenters. The third-order valence-corrected chi connectivity index (χ3v) is 4.83. The first-order valence-corrected chi connectivity index (χ1v) is 10.5. The second kappa shape index (κ2) is 12.4. The largest absolute Gasteiger partial charge is 0.370 e. The van der Waals surface area contributed by atoms with Gasteiger partial charge in [-0.25, -0.2) is 0 Å². The maximum Gasteiger partial charge on any atom is 0.188 e. The minimum absolute atomic E-state index is 0.503. The Morgan fingerprint density at radius 2 is 1.50 bits per heavy atom. The standard InChI is InChI=1S/C25H31N5/c26-25(29-18-15-24-14-7-8-16-27-24)28-17-9-19-30(20-22-10-3-1-4-11-22)21-23-12-5-2-6-13-23/h1-8,10-14,16H,9,15,17-21H2,(H3,26,28,29). The van der Waals surface area contributed by atoms with Gasteiger partial charge in [-0.1, -0.05) is 66.7 Å². The summed E-state index contributed by atoms with van der Waals surface area (Å²) in [4.78, 5) is 11.3. The third-order valence-electron chi connectivity index (χ3n) is 4.83. The molecule has 0 aliphatic heterocycles. The molecule has 0 spiro atoms. The van der Waals surface area contributed by atoms with Gasteiger partial charge in [0.15, 0.2) is 5.96 Å². The van der Waals surface area contributed by atoms with Crippen LogP contribution in [0.2, 0.25) is 0 Å². The zero-order chi connectivity index (χ0) is 20.9. The van der Waals surface area contributed by atoms with Crippen LogP contribution in [0.1, 0.15) is 23.2 Å². The summed E-state index contributed by atoms with van der Waals surface area (Å²) in [5.41, 5.74) is 9.71. The van der Waals surface area contributed by atoms with E-state index in [1.807, 2.05) is 24.4 Å². The minimum Gasteiger partial charge on any atom is -0.370 e. The van der Waals surface area contributed by atoms with Crippen molar-refractivity contribution < 1.29 is 0 Å². The number of nitrogens with zero attached hydrogens (tertiary/aromatic N) is 3. The Morgan fingerprint density at radius 1 is 0.867 bits per heavy atom. The topological polar surface area (TPSA) is 66.5 Å². The monoisotopic (exact) mass is 401 g/mol. The average molecular weight is 402 g/mol. The van der Waals surface area contributed by atoms with Gasteiger partial charge in [0.05, 0.1) is 0 Å². The van der Waals surface area contributed by atoms with Crippen LogP contribution in [0.4, 0.5) is 0 Å². The molecule has 156 valence electrons. The Hall–Kier alpha value is -3.18. The maximum absolute atomic E-state index is 6.01. The lowest BCUT2D eigenvalue weighted by atomic mass is 10.1. The van der Waals surface area contributed by atoms with Crippen molar-refractivity contribution in [2.45, 2.75) is 25.9 Å². The number of hydrogen-bond donors (Lipinski definition) is 2. The molecule has 5 nitrogen and oxygen atoms in total. The van der Waals surface area contributed by atoms with Crippen molar-refractivity contribution in [1.29, 1.82) is 0 Å². The summed E-state index contributed by atoms with van der Waals surface area (Å²) in [6.07, 6.45) is 3.60. The molecule has 0 fully saturated rings. The van der Waals surface area contributed by atoms with Gasteiger partial charge >= 0.3 is 0 Å². The lowest BCUT2D eigenvalue weighted by molar-refractivity contribution is 0.255. The molecule has 0 bridgehead atoms. The summed E-state index contributed by atoms with van der Waals surface area (Å²) in [6.45, 7) is 4.27. The molecule has 1 aromatic heterocycles. The van der Waals surface area contributed by atoms with Gasteiger partial charge in [-0.3, -0.25) is 14.9 Å². The van der Waals surface area contributed by atoms with Crippen molar-refractivity contribution in [1.82, 2.24) is 15.2 Å². The number of nitrogens with one attached hydrogen (secondary N) is 1. The van der Waals surface area contributed by atoms with Crippen LogP contribution >= 0.6 is 0 Å². The molecule has 2 aromatic carbocycles. The molecule has 0 aliphatic carbocycles. The van der Waals surface area contributed by atoms with Crippen molar-refractivity contribution in [3.05, 3.63) is 102 Å². The lowest BCUT2D eigenvalue weighted by Crippen LogP contribution is -2.33. The predicted octanol–water partition coefficient (Wildman–Crippen LogP) is 3.62. The quantitative estimate of drug-likeness (QED) is 0.293. The predicted molar refractivity (Wildman–Crippen MR) is 124 cm³/mol. The second-order valence-electron chi connectivity index (χ2n) is 7.30. The highest BCUT2D eigenvalue weighted by Crippen LogP contribution is 2.10. The van der Waals surface area contributed by atoms with E-state index in [0.29, 0.717) is 12.5 Å². The Balaban J connectivity index is 1.44. The minimum atomic E-state index is 0.503. The fourth-order valence-corrected chi connectivity index (χ4v) is 3.31. The van der Waals surface area contributed by atoms with Crippen LogP contribution in [0.15, 0.2) is 90.1 Å². The van der Waals surface area contributed by atoms with Crippen LogP contribution < -0.4 is 11.1 Å². The molecule has 0 amide bonds. The van der Waals surface area contributed by atoms with Crippen LogP contribution in [-0.4, -0.2) is 35.5 Å². The van der Waals surface area contributed by atoms with Crippen molar-refractivity contribution in [3.63, 3.8) is 0 Å². The van der Waals surface area contributed by atoms with E-state index in [-0.39, 0.29) is 0 Å². The molecule has 30 heavy (non-hydrogen) atoms. The molecular weight excluding hydrogens is 370 g/mol. The molecule has 3 rings (SSSR count). The smallest absolute Gasteiger partial charge is 0.188 e. The van der Waals surface area contributed by atoms with E-state index in [0.717, 1.165) is 44.7 Å². The first-order valence-electron chi connectivity index (χ1n) is 10.5. The highest BCUT2D eigenvalue weighted by Gasteiger charge is 2.07. The fraction of sp³-hybridized carbons (Fsp3) is 0.280. The van der Waals surface area contributed by atoms with E-state index in [9.17, 15) is 0 Å². The molecule has 3 N–H and O–H groups in total. The third kappa shape index (κ3) is 8.05. The molecule has 0 unspecified atom stereocenters. The Bertz CT molecular complexity index is 824. The first kappa shape index (κ1) is 21.5. The zero-order valence-corrected chi connectivity index (χ0v) is 17.5. The average Bonchev–Trinajstić information content (AvgIpc) is 2.79. The molecule has 5 heteroatoms. The van der Waals surface area contributed by atoms with Crippen LogP contribution in [0.3, 0.4) is 0 Å². The van der Waals surface area contributed by atoms with Crippen molar-refractivity contribution in [3.8, 4) is 0 Å². The number of rotatable bonds is 11. The number of benzene rings is 2. The summed E-state index contributed by atoms with van der Waals surface area (Å²) >= 11 is 0. The summed E-state index contributed by atoms with van der Waals surface area (Å²) < 4.78 is 0. The van der Waals surface area contributed by atoms with E-state index in [2.05, 4.69) is 80.9 Å². The molecule has 0 aliphatic rings. The van der Waals surface area contributed by atoms with Crippen molar-refractivity contribution >= 4 is 5.96 Å². The van der Waals surface area contributed by atoms with Crippen molar-refractivity contribution in [2.24, 2.45) is 10.7 Å². The first-order chi connectivity index (χ1) is 14.8. The number of aliphatic imine (C=N–C) groups is 1. The molecule has 3 aromatic rings. The molecule has 0 saturated carbocycles. The van der Waals surface area contributed by atoms with Gasteiger partial charge in [0.1, 0.15) is 0 Å². The second-order valence-corrected chi connectivity index (χ2v) is 7.30. The summed E-state index contributed by atoms with van der Waals surface area (Å²) in [5, 5.41) is 3.17. The van der Waals surface area contributed by atoms with E-state index in [1.165, 1.54) is 11.1 Å². The number of aromatic nitrogens is 1. The van der Waals surface area contributed by atoms with Gasteiger partial charge in [-0.05, 0) is 29.7 Å². The number of pyridine rings is 1. The Morgan fingerprint density at radius 3 is 2.10 bits per heavy atom. The molecule has 0 radical (unpaired) electrons. The fourth-order valence-electron chi connectivity index (χ4n) is 3.31.